The molecule has 1 amide bonds. The maximum Gasteiger partial charge on any atom is 0.243 e. The molecule has 5 rings (SSSR count). The number of aryl methyl sites for hydroxylation is 1. The minimum atomic E-state index is -3.67. The summed E-state index contributed by atoms with van der Waals surface area (Å²) in [7, 11) is -3.67. The molecule has 9 heteroatoms. The van der Waals surface area contributed by atoms with E-state index in [0.29, 0.717) is 50.4 Å². The molecule has 0 atom stereocenters. The van der Waals surface area contributed by atoms with Crippen LogP contribution in [0.25, 0.3) is 0 Å². The van der Waals surface area contributed by atoms with Gasteiger partial charge in [0.25, 0.3) is 0 Å². The Morgan fingerprint density at radius 2 is 1.60 bits per heavy atom. The zero-order chi connectivity index (χ0) is 24.4. The summed E-state index contributed by atoms with van der Waals surface area (Å²) in [6.07, 6.45) is 3.27. The molecule has 35 heavy (non-hydrogen) atoms. The number of hydrogen-bond acceptors (Lipinski definition) is 6. The van der Waals surface area contributed by atoms with E-state index in [-0.39, 0.29) is 23.9 Å². The summed E-state index contributed by atoms with van der Waals surface area (Å²) in [5, 5.41) is 0. The zero-order valence-electron chi connectivity index (χ0n) is 20.2. The van der Waals surface area contributed by atoms with Gasteiger partial charge in [0, 0.05) is 44.8 Å². The second-order valence-electron chi connectivity index (χ2n) is 9.40. The van der Waals surface area contributed by atoms with E-state index in [0.717, 1.165) is 25.8 Å². The smallest absolute Gasteiger partial charge is 0.243 e. The van der Waals surface area contributed by atoms with Gasteiger partial charge in [-0.2, -0.15) is 4.31 Å². The van der Waals surface area contributed by atoms with Crippen molar-refractivity contribution < 1.29 is 22.7 Å². The van der Waals surface area contributed by atoms with E-state index in [1.54, 1.807) is 17.0 Å². The molecule has 2 aromatic carbocycles. The first-order chi connectivity index (χ1) is 16.9. The van der Waals surface area contributed by atoms with Crippen molar-refractivity contribution in [2.75, 3.05) is 45.9 Å². The summed E-state index contributed by atoms with van der Waals surface area (Å²) in [6, 6.07) is 13.8. The van der Waals surface area contributed by atoms with Gasteiger partial charge in [-0.3, -0.25) is 9.69 Å². The number of piperazine rings is 1. The number of hydrogen-bond donors (Lipinski definition) is 0. The lowest BCUT2D eigenvalue weighted by Crippen LogP contribution is -2.52. The van der Waals surface area contributed by atoms with Gasteiger partial charge in [0.1, 0.15) is 13.2 Å². The highest BCUT2D eigenvalue weighted by atomic mass is 32.2. The van der Waals surface area contributed by atoms with Gasteiger partial charge in [0.2, 0.25) is 15.9 Å². The second-order valence-corrected chi connectivity index (χ2v) is 11.3. The Bertz CT molecular complexity index is 1160. The first kappa shape index (κ1) is 24.1. The maximum atomic E-state index is 13.2. The lowest BCUT2D eigenvalue weighted by atomic mass is 10.1. The predicted octanol–water partition coefficient (Wildman–Crippen LogP) is 2.52. The molecule has 1 aliphatic carbocycles. The molecule has 0 unspecified atom stereocenters. The Kier molecular flexibility index (Phi) is 7.00. The van der Waals surface area contributed by atoms with Gasteiger partial charge >= 0.3 is 0 Å². The van der Waals surface area contributed by atoms with Crippen LogP contribution in [0.4, 0.5) is 0 Å². The van der Waals surface area contributed by atoms with E-state index >= 15 is 0 Å². The third kappa shape index (κ3) is 5.47. The molecule has 1 saturated carbocycles. The van der Waals surface area contributed by atoms with Gasteiger partial charge < -0.3 is 14.4 Å². The Hall–Kier alpha value is -2.62. The first-order valence-corrected chi connectivity index (χ1v) is 13.9. The minimum absolute atomic E-state index is 0.0680. The van der Waals surface area contributed by atoms with Crippen molar-refractivity contribution in [1.82, 2.24) is 14.1 Å². The van der Waals surface area contributed by atoms with Gasteiger partial charge in [-0.25, -0.2) is 8.42 Å². The van der Waals surface area contributed by atoms with E-state index in [1.165, 1.54) is 21.5 Å². The largest absolute Gasteiger partial charge is 0.486 e. The second kappa shape index (κ2) is 10.2. The topological polar surface area (TPSA) is 79.4 Å². The van der Waals surface area contributed by atoms with Crippen LogP contribution >= 0.6 is 0 Å². The molecule has 2 aromatic rings. The van der Waals surface area contributed by atoms with E-state index in [9.17, 15) is 13.2 Å². The molecule has 2 fully saturated rings. The highest BCUT2D eigenvalue weighted by Gasteiger charge is 2.34. The Morgan fingerprint density at radius 3 is 2.26 bits per heavy atom. The molecule has 2 heterocycles. The van der Waals surface area contributed by atoms with Gasteiger partial charge in [0.05, 0.1) is 11.4 Å². The molecule has 8 nitrogen and oxygen atoms in total. The first-order valence-electron chi connectivity index (χ1n) is 12.4. The van der Waals surface area contributed by atoms with Crippen molar-refractivity contribution in [3.8, 4) is 11.5 Å². The normalized spacial score (nSPS) is 18.6. The summed E-state index contributed by atoms with van der Waals surface area (Å²) in [5.41, 5.74) is 2.53. The lowest BCUT2D eigenvalue weighted by Gasteiger charge is -2.35. The molecule has 188 valence electrons. The van der Waals surface area contributed by atoms with Crippen molar-refractivity contribution in [3.05, 3.63) is 53.6 Å². The quantitative estimate of drug-likeness (QED) is 0.555. The number of sulfonamides is 1. The third-order valence-corrected chi connectivity index (χ3v) is 8.86. The van der Waals surface area contributed by atoms with Crippen LogP contribution in [0.15, 0.2) is 47.4 Å². The highest BCUT2D eigenvalue weighted by molar-refractivity contribution is 7.89. The van der Waals surface area contributed by atoms with E-state index in [4.69, 9.17) is 9.47 Å². The molecule has 0 spiro atoms. The maximum absolute atomic E-state index is 13.2. The fourth-order valence-electron chi connectivity index (χ4n) is 4.65. The van der Waals surface area contributed by atoms with Crippen LogP contribution in [0, 0.1) is 0 Å². The van der Waals surface area contributed by atoms with E-state index in [2.05, 4.69) is 36.1 Å². The Labute approximate surface area is 207 Å². The number of fused-ring (bicyclic) bond motifs is 1. The highest BCUT2D eigenvalue weighted by Crippen LogP contribution is 2.33. The van der Waals surface area contributed by atoms with Gasteiger partial charge in [-0.1, -0.05) is 31.2 Å². The molecule has 1 saturated heterocycles. The predicted molar refractivity (Wildman–Crippen MR) is 132 cm³/mol. The van der Waals surface area contributed by atoms with Gasteiger partial charge in [0.15, 0.2) is 11.5 Å². The molecular formula is C26H33N3O5S. The van der Waals surface area contributed by atoms with Crippen molar-refractivity contribution in [3.63, 3.8) is 0 Å². The number of ether oxygens (including phenoxy) is 2. The molecule has 0 N–H and O–H groups in total. The van der Waals surface area contributed by atoms with Crippen LogP contribution in [0.1, 0.15) is 30.9 Å². The fraction of sp³-hybridized carbons (Fsp3) is 0.500. The van der Waals surface area contributed by atoms with Crippen LogP contribution in [0.3, 0.4) is 0 Å². The van der Waals surface area contributed by atoms with Crippen LogP contribution < -0.4 is 9.47 Å². The SMILES string of the molecule is CCc1ccc(CN(CC(=O)N2CCN(S(=O)(=O)c3ccc4c(c3)OCCO4)CC2)C2CC2)cc1. The average Bonchev–Trinajstić information content (AvgIpc) is 3.74. The monoisotopic (exact) mass is 499 g/mol. The summed E-state index contributed by atoms with van der Waals surface area (Å²) >= 11 is 0. The van der Waals surface area contributed by atoms with Crippen LogP contribution in [-0.2, 0) is 27.8 Å². The van der Waals surface area contributed by atoms with Crippen molar-refractivity contribution >= 4 is 15.9 Å². The van der Waals surface area contributed by atoms with Crippen molar-refractivity contribution in [2.24, 2.45) is 0 Å². The molecule has 2 aliphatic heterocycles. The number of benzene rings is 2. The van der Waals surface area contributed by atoms with Crippen molar-refractivity contribution in [1.29, 1.82) is 0 Å². The number of carbonyl (C=O) groups is 1. The average molecular weight is 500 g/mol. The summed E-state index contributed by atoms with van der Waals surface area (Å²) in [6.45, 7) is 5.49. The zero-order valence-corrected chi connectivity index (χ0v) is 21.0. The van der Waals surface area contributed by atoms with E-state index in [1.807, 2.05) is 0 Å². The molecular weight excluding hydrogens is 466 g/mol. The van der Waals surface area contributed by atoms with Crippen LogP contribution in [0.2, 0.25) is 0 Å². The summed E-state index contributed by atoms with van der Waals surface area (Å²) < 4.78 is 38.9. The van der Waals surface area contributed by atoms with Gasteiger partial charge in [-0.05, 0) is 42.5 Å². The molecule has 0 bridgehead atoms. The van der Waals surface area contributed by atoms with Crippen LogP contribution in [0.5, 0.6) is 11.5 Å². The minimum Gasteiger partial charge on any atom is -0.486 e. The van der Waals surface area contributed by atoms with Crippen LogP contribution in [-0.4, -0.2) is 80.4 Å². The Balaban J connectivity index is 1.18. The lowest BCUT2D eigenvalue weighted by molar-refractivity contribution is -0.133. The number of nitrogens with zero attached hydrogens (tertiary/aromatic N) is 3. The molecule has 0 radical (unpaired) electrons. The third-order valence-electron chi connectivity index (χ3n) is 6.96. The standard InChI is InChI=1S/C26H33N3O5S/c1-2-20-3-5-21(6-4-20)18-28(22-7-8-22)19-26(30)27-11-13-29(14-12-27)35(31,32)23-9-10-24-25(17-23)34-16-15-33-24/h3-6,9-10,17,22H,2,7-8,11-16,18-19H2,1H3. The van der Waals surface area contributed by atoms with Gasteiger partial charge in [-0.15, -0.1) is 0 Å². The number of carbonyl (C=O) groups excluding carboxylic acids is 1. The molecule has 3 aliphatic rings. The molecule has 0 aromatic heterocycles. The van der Waals surface area contributed by atoms with E-state index < -0.39 is 10.0 Å². The number of amides is 1. The summed E-state index contributed by atoms with van der Waals surface area (Å²) in [5.74, 6) is 1.08. The Morgan fingerprint density at radius 1 is 0.943 bits per heavy atom. The fourth-order valence-corrected chi connectivity index (χ4v) is 6.09. The van der Waals surface area contributed by atoms with Crippen molar-refractivity contribution in [2.45, 2.75) is 43.7 Å². The number of rotatable bonds is 8. The summed E-state index contributed by atoms with van der Waals surface area (Å²) in [4.78, 5) is 17.4.